The Morgan fingerprint density at radius 3 is 2.72 bits per heavy atom. The summed E-state index contributed by atoms with van der Waals surface area (Å²) < 4.78 is 27.4. The van der Waals surface area contributed by atoms with Gasteiger partial charge in [-0.2, -0.15) is 0 Å². The molecule has 1 rings (SSSR count). The molecule has 18 heavy (non-hydrogen) atoms. The van der Waals surface area contributed by atoms with Crippen LogP contribution in [0.25, 0.3) is 0 Å². The van der Waals surface area contributed by atoms with Crippen molar-refractivity contribution < 1.29 is 18.7 Å². The Balaban J connectivity index is 2.96. The number of aliphatic carboxylic acids is 1. The third-order valence-corrected chi connectivity index (χ3v) is 2.88. The van der Waals surface area contributed by atoms with E-state index >= 15 is 0 Å². The van der Waals surface area contributed by atoms with E-state index in [2.05, 4.69) is 22.5 Å². The number of nitrogens with zero attached hydrogens (tertiary/aromatic N) is 1. The Morgan fingerprint density at radius 2 is 2.17 bits per heavy atom. The molecular weight excluding hydrogens is 308 g/mol. The van der Waals surface area contributed by atoms with Crippen LogP contribution >= 0.6 is 15.9 Å². The number of carboxylic acid groups (broad SMARTS) is 1. The fraction of sp³-hybridized carbons (Fsp3) is 0.250. The molecule has 0 fully saturated rings. The maximum atomic E-state index is 13.7. The fourth-order valence-electron chi connectivity index (χ4n) is 1.50. The van der Waals surface area contributed by atoms with Crippen LogP contribution in [0.15, 0.2) is 29.3 Å². The van der Waals surface area contributed by atoms with Gasteiger partial charge in [0.1, 0.15) is 11.6 Å². The summed E-state index contributed by atoms with van der Waals surface area (Å²) in [6, 6.07) is 2.40. The van der Waals surface area contributed by atoms with E-state index in [-0.39, 0.29) is 29.7 Å². The van der Waals surface area contributed by atoms with Crippen molar-refractivity contribution in [2.45, 2.75) is 6.54 Å². The van der Waals surface area contributed by atoms with Gasteiger partial charge in [0.2, 0.25) is 0 Å². The summed E-state index contributed by atoms with van der Waals surface area (Å²) in [6.07, 6.45) is 1.48. The van der Waals surface area contributed by atoms with Gasteiger partial charge in [-0.1, -0.05) is 6.08 Å². The van der Waals surface area contributed by atoms with Gasteiger partial charge >= 0.3 is 5.97 Å². The lowest BCUT2D eigenvalue weighted by atomic mass is 10.2. The van der Waals surface area contributed by atoms with E-state index in [4.69, 9.17) is 5.11 Å². The number of hydrogen-bond acceptors (Lipinski definition) is 2. The molecule has 0 heterocycles. The van der Waals surface area contributed by atoms with Crippen molar-refractivity contribution in [1.29, 1.82) is 0 Å². The average Bonchev–Trinajstić information content (AvgIpc) is 2.29. The van der Waals surface area contributed by atoms with E-state index in [1.807, 2.05) is 0 Å². The predicted octanol–water partition coefficient (Wildman–Crippen LogP) is 2.80. The largest absolute Gasteiger partial charge is 0.480 e. The van der Waals surface area contributed by atoms with Crippen LogP contribution in [-0.4, -0.2) is 29.1 Å². The quantitative estimate of drug-likeness (QED) is 0.647. The van der Waals surface area contributed by atoms with Crippen molar-refractivity contribution in [2.24, 2.45) is 0 Å². The lowest BCUT2D eigenvalue weighted by molar-refractivity contribution is -0.138. The third-order valence-electron chi connectivity index (χ3n) is 2.27. The molecule has 1 N–H and O–H groups in total. The van der Waals surface area contributed by atoms with Crippen molar-refractivity contribution in [3.05, 3.63) is 46.5 Å². The van der Waals surface area contributed by atoms with Crippen LogP contribution in [0.1, 0.15) is 5.56 Å². The minimum absolute atomic E-state index is 0.130. The molecular formula is C12H12BrF2NO2. The number of halogens is 3. The molecule has 6 heteroatoms. The first-order chi connectivity index (χ1) is 8.45. The lowest BCUT2D eigenvalue weighted by Gasteiger charge is -2.19. The minimum atomic E-state index is -1.06. The van der Waals surface area contributed by atoms with Gasteiger partial charge in [0, 0.05) is 18.7 Å². The Morgan fingerprint density at radius 1 is 1.50 bits per heavy atom. The van der Waals surface area contributed by atoms with Gasteiger partial charge in [0.25, 0.3) is 0 Å². The second kappa shape index (κ2) is 6.61. The number of rotatable bonds is 6. The lowest BCUT2D eigenvalue weighted by Crippen LogP contribution is -2.30. The molecule has 1 aromatic rings. The van der Waals surface area contributed by atoms with Crippen molar-refractivity contribution in [3.63, 3.8) is 0 Å². The summed E-state index contributed by atoms with van der Waals surface area (Å²) in [6.45, 7) is 3.28. The molecule has 0 unspecified atom stereocenters. The number of benzene rings is 1. The van der Waals surface area contributed by atoms with Gasteiger partial charge in [-0.15, -0.1) is 6.58 Å². The van der Waals surface area contributed by atoms with E-state index in [0.717, 1.165) is 6.07 Å². The topological polar surface area (TPSA) is 40.5 Å². The van der Waals surface area contributed by atoms with Gasteiger partial charge in [-0.25, -0.2) is 8.78 Å². The smallest absolute Gasteiger partial charge is 0.317 e. The zero-order valence-electron chi connectivity index (χ0n) is 9.50. The normalized spacial score (nSPS) is 10.7. The van der Waals surface area contributed by atoms with E-state index in [1.54, 1.807) is 0 Å². The van der Waals surface area contributed by atoms with Gasteiger partial charge in [0.05, 0.1) is 11.0 Å². The first-order valence-electron chi connectivity index (χ1n) is 5.13. The molecule has 0 aliphatic rings. The molecule has 0 saturated heterocycles. The second-order valence-electron chi connectivity index (χ2n) is 3.67. The molecule has 0 aliphatic heterocycles. The van der Waals surface area contributed by atoms with Crippen molar-refractivity contribution in [1.82, 2.24) is 4.90 Å². The number of carboxylic acids is 1. The summed E-state index contributed by atoms with van der Waals surface area (Å²) >= 11 is 2.96. The summed E-state index contributed by atoms with van der Waals surface area (Å²) in [5, 5.41) is 8.71. The van der Waals surface area contributed by atoms with Crippen LogP contribution in [0.3, 0.4) is 0 Å². The van der Waals surface area contributed by atoms with Gasteiger partial charge < -0.3 is 5.11 Å². The van der Waals surface area contributed by atoms with Crippen LogP contribution in [0, 0.1) is 11.6 Å². The Hall–Kier alpha value is -1.27. The molecule has 98 valence electrons. The average molecular weight is 320 g/mol. The van der Waals surface area contributed by atoms with Crippen molar-refractivity contribution in [3.8, 4) is 0 Å². The van der Waals surface area contributed by atoms with E-state index in [1.165, 1.54) is 17.0 Å². The zero-order chi connectivity index (χ0) is 13.7. The van der Waals surface area contributed by atoms with E-state index in [9.17, 15) is 13.6 Å². The molecule has 0 spiro atoms. The molecule has 0 saturated carbocycles. The third kappa shape index (κ3) is 3.89. The van der Waals surface area contributed by atoms with Crippen molar-refractivity contribution >= 4 is 21.9 Å². The SMILES string of the molecule is C=CCN(CC(=O)O)Cc1c(F)ccc(Br)c1F. The highest BCUT2D eigenvalue weighted by atomic mass is 79.9. The summed E-state index contributed by atoms with van der Waals surface area (Å²) in [7, 11) is 0. The monoisotopic (exact) mass is 319 g/mol. The summed E-state index contributed by atoms with van der Waals surface area (Å²) in [5.41, 5.74) is -0.160. The fourth-order valence-corrected chi connectivity index (χ4v) is 1.87. The molecule has 0 atom stereocenters. The number of carbonyl (C=O) groups is 1. The molecule has 1 aromatic carbocycles. The first-order valence-corrected chi connectivity index (χ1v) is 5.92. The van der Waals surface area contributed by atoms with Gasteiger partial charge in [-0.05, 0) is 28.1 Å². The van der Waals surface area contributed by atoms with Crippen LogP contribution in [-0.2, 0) is 11.3 Å². The Kier molecular flexibility index (Phi) is 5.43. The van der Waals surface area contributed by atoms with Crippen LogP contribution in [0.5, 0.6) is 0 Å². The molecule has 0 bridgehead atoms. The molecule has 0 radical (unpaired) electrons. The highest BCUT2D eigenvalue weighted by Gasteiger charge is 2.17. The van der Waals surface area contributed by atoms with Crippen LogP contribution in [0.4, 0.5) is 8.78 Å². The zero-order valence-corrected chi connectivity index (χ0v) is 11.1. The second-order valence-corrected chi connectivity index (χ2v) is 4.53. The van der Waals surface area contributed by atoms with Gasteiger partial charge in [0.15, 0.2) is 0 Å². The predicted molar refractivity (Wildman–Crippen MR) is 67.2 cm³/mol. The maximum absolute atomic E-state index is 13.7. The summed E-state index contributed by atoms with van der Waals surface area (Å²) in [5.74, 6) is -2.47. The Labute approximate surface area is 112 Å². The van der Waals surface area contributed by atoms with Gasteiger partial charge in [-0.3, -0.25) is 9.69 Å². The first kappa shape index (κ1) is 14.8. The molecule has 0 amide bonds. The Bertz CT molecular complexity index is 466. The van der Waals surface area contributed by atoms with Crippen molar-refractivity contribution in [2.75, 3.05) is 13.1 Å². The highest BCUT2D eigenvalue weighted by molar-refractivity contribution is 9.10. The van der Waals surface area contributed by atoms with Crippen LogP contribution < -0.4 is 0 Å². The summed E-state index contributed by atoms with van der Waals surface area (Å²) in [4.78, 5) is 12.0. The number of hydrogen-bond donors (Lipinski definition) is 1. The standard InChI is InChI=1S/C12H12BrF2NO2/c1-2-5-16(7-11(17)18)6-8-10(14)4-3-9(13)12(8)15/h2-4H,1,5-7H2,(H,17,18). The maximum Gasteiger partial charge on any atom is 0.317 e. The minimum Gasteiger partial charge on any atom is -0.480 e. The molecule has 3 nitrogen and oxygen atoms in total. The molecule has 0 aromatic heterocycles. The van der Waals surface area contributed by atoms with Crippen LogP contribution in [0.2, 0.25) is 0 Å². The molecule has 0 aliphatic carbocycles. The highest BCUT2D eigenvalue weighted by Crippen LogP contribution is 2.22. The van der Waals surface area contributed by atoms with E-state index in [0.29, 0.717) is 0 Å². The van der Waals surface area contributed by atoms with E-state index < -0.39 is 17.6 Å².